The number of imidazole rings is 1. The number of benzene rings is 2. The number of hydrogen-bond donors (Lipinski definition) is 0. The summed E-state index contributed by atoms with van der Waals surface area (Å²) < 4.78 is 30.3. The van der Waals surface area contributed by atoms with Crippen molar-refractivity contribution in [2.24, 2.45) is 0 Å². The average Bonchev–Trinajstić information content (AvgIpc) is 3.38. The van der Waals surface area contributed by atoms with Gasteiger partial charge >= 0.3 is 0 Å². The number of carbonyl (C=O) groups excluding carboxylic acids is 1. The van der Waals surface area contributed by atoms with Gasteiger partial charge in [-0.05, 0) is 48.9 Å². The SMILES string of the molecule is CC(c1ccc(-n2cnc3ccccc32)cc1)N(C)C(=O)c1ccc(CS(C)(=O)=O)o1. The van der Waals surface area contributed by atoms with Gasteiger partial charge < -0.3 is 9.32 Å². The van der Waals surface area contributed by atoms with Gasteiger partial charge in [-0.25, -0.2) is 13.4 Å². The Morgan fingerprint density at radius 1 is 1.10 bits per heavy atom. The number of rotatable bonds is 6. The molecule has 0 spiro atoms. The van der Waals surface area contributed by atoms with Gasteiger partial charge in [0.25, 0.3) is 5.91 Å². The predicted octanol–water partition coefficient (Wildman–Crippen LogP) is 4.00. The summed E-state index contributed by atoms with van der Waals surface area (Å²) in [5, 5.41) is 0. The molecular weight excluding hydrogens is 414 g/mol. The van der Waals surface area contributed by atoms with Gasteiger partial charge in [0.1, 0.15) is 17.8 Å². The lowest BCUT2D eigenvalue weighted by atomic mass is 10.1. The maximum Gasteiger partial charge on any atom is 0.289 e. The fraction of sp³-hybridized carbons (Fsp3) is 0.217. The van der Waals surface area contributed by atoms with E-state index >= 15 is 0 Å². The van der Waals surface area contributed by atoms with Crippen molar-refractivity contribution in [2.75, 3.05) is 13.3 Å². The van der Waals surface area contributed by atoms with Crippen LogP contribution in [0.15, 0.2) is 71.4 Å². The van der Waals surface area contributed by atoms with Crippen molar-refractivity contribution >= 4 is 26.8 Å². The Morgan fingerprint density at radius 2 is 1.81 bits per heavy atom. The van der Waals surface area contributed by atoms with Gasteiger partial charge in [-0.1, -0.05) is 24.3 Å². The molecule has 1 unspecified atom stereocenters. The molecule has 2 aromatic heterocycles. The van der Waals surface area contributed by atoms with Crippen molar-refractivity contribution in [3.63, 3.8) is 0 Å². The summed E-state index contributed by atoms with van der Waals surface area (Å²) in [4.78, 5) is 18.8. The van der Waals surface area contributed by atoms with Crippen molar-refractivity contribution < 1.29 is 17.6 Å². The Morgan fingerprint density at radius 3 is 2.52 bits per heavy atom. The first-order valence-corrected chi connectivity index (χ1v) is 11.8. The molecule has 0 saturated heterocycles. The third kappa shape index (κ3) is 4.39. The van der Waals surface area contributed by atoms with Crippen molar-refractivity contribution in [3.05, 3.63) is 84.1 Å². The first-order valence-electron chi connectivity index (χ1n) is 9.79. The van der Waals surface area contributed by atoms with Crippen LogP contribution in [0, 0.1) is 0 Å². The molecule has 2 heterocycles. The molecule has 0 radical (unpaired) electrons. The topological polar surface area (TPSA) is 85.4 Å². The number of sulfone groups is 1. The van der Waals surface area contributed by atoms with Crippen molar-refractivity contribution in [2.45, 2.75) is 18.7 Å². The van der Waals surface area contributed by atoms with E-state index in [1.54, 1.807) is 18.3 Å². The normalized spacial score (nSPS) is 12.7. The zero-order valence-corrected chi connectivity index (χ0v) is 18.3. The molecule has 4 rings (SSSR count). The zero-order chi connectivity index (χ0) is 22.2. The first-order chi connectivity index (χ1) is 14.7. The fourth-order valence-corrected chi connectivity index (χ4v) is 4.15. The van der Waals surface area contributed by atoms with Crippen LogP contribution in [0.4, 0.5) is 0 Å². The summed E-state index contributed by atoms with van der Waals surface area (Å²) in [5.41, 5.74) is 3.90. The summed E-state index contributed by atoms with van der Waals surface area (Å²) in [5.74, 6) is -0.167. The Hall–Kier alpha value is -3.39. The maximum absolute atomic E-state index is 12.8. The second-order valence-corrected chi connectivity index (χ2v) is 9.76. The number of amides is 1. The van der Waals surface area contributed by atoms with Gasteiger partial charge in [0.2, 0.25) is 0 Å². The summed E-state index contributed by atoms with van der Waals surface area (Å²) in [6.07, 6.45) is 2.92. The van der Waals surface area contributed by atoms with Crippen LogP contribution in [0.3, 0.4) is 0 Å². The molecule has 160 valence electrons. The molecule has 1 amide bonds. The lowest BCUT2D eigenvalue weighted by molar-refractivity contribution is 0.0709. The molecule has 0 bridgehead atoms. The zero-order valence-electron chi connectivity index (χ0n) is 17.5. The quantitative estimate of drug-likeness (QED) is 0.455. The van der Waals surface area contributed by atoms with Gasteiger partial charge in [0.15, 0.2) is 15.6 Å². The molecule has 0 aliphatic rings. The molecule has 2 aromatic carbocycles. The van der Waals surface area contributed by atoms with Gasteiger partial charge in [-0.2, -0.15) is 0 Å². The molecule has 31 heavy (non-hydrogen) atoms. The van der Waals surface area contributed by atoms with Crippen LogP contribution in [0.2, 0.25) is 0 Å². The highest BCUT2D eigenvalue weighted by Crippen LogP contribution is 2.24. The molecule has 0 fully saturated rings. The van der Waals surface area contributed by atoms with E-state index in [0.29, 0.717) is 0 Å². The Kier molecular flexibility index (Phi) is 5.41. The number of furan rings is 1. The maximum atomic E-state index is 12.8. The van der Waals surface area contributed by atoms with Crippen molar-refractivity contribution in [3.8, 4) is 5.69 Å². The molecule has 4 aromatic rings. The number of carbonyl (C=O) groups is 1. The monoisotopic (exact) mass is 437 g/mol. The highest BCUT2D eigenvalue weighted by molar-refractivity contribution is 7.89. The van der Waals surface area contributed by atoms with E-state index in [1.165, 1.54) is 12.1 Å². The number of fused-ring (bicyclic) bond motifs is 1. The second-order valence-electron chi connectivity index (χ2n) is 7.62. The lowest BCUT2D eigenvalue weighted by Gasteiger charge is -2.24. The molecule has 7 nitrogen and oxygen atoms in total. The minimum Gasteiger partial charge on any atom is -0.455 e. The first kappa shape index (κ1) is 20.9. The number of nitrogens with zero attached hydrogens (tertiary/aromatic N) is 3. The van der Waals surface area contributed by atoms with Gasteiger partial charge in [0.05, 0.1) is 17.1 Å². The molecule has 0 aliphatic heterocycles. The van der Waals surface area contributed by atoms with Crippen LogP contribution in [0.25, 0.3) is 16.7 Å². The van der Waals surface area contributed by atoms with E-state index in [-0.39, 0.29) is 29.2 Å². The highest BCUT2D eigenvalue weighted by atomic mass is 32.2. The van der Waals surface area contributed by atoms with Gasteiger partial charge in [0, 0.05) is 19.0 Å². The van der Waals surface area contributed by atoms with Gasteiger partial charge in [-0.3, -0.25) is 9.36 Å². The van der Waals surface area contributed by atoms with E-state index in [1.807, 2.05) is 60.0 Å². The third-order valence-corrected chi connectivity index (χ3v) is 6.09. The molecule has 1 atom stereocenters. The Labute approximate surface area is 180 Å². The smallest absolute Gasteiger partial charge is 0.289 e. The van der Waals surface area contributed by atoms with Crippen LogP contribution < -0.4 is 0 Å². The Balaban J connectivity index is 1.51. The van der Waals surface area contributed by atoms with Crippen LogP contribution in [0.1, 0.15) is 34.8 Å². The lowest BCUT2D eigenvalue weighted by Crippen LogP contribution is -2.29. The predicted molar refractivity (Wildman–Crippen MR) is 119 cm³/mol. The van der Waals surface area contributed by atoms with Crippen LogP contribution in [-0.4, -0.2) is 42.1 Å². The summed E-state index contributed by atoms with van der Waals surface area (Å²) in [7, 11) is -1.53. The fourth-order valence-electron chi connectivity index (χ4n) is 3.48. The summed E-state index contributed by atoms with van der Waals surface area (Å²) in [6, 6.07) is 18.7. The average molecular weight is 438 g/mol. The molecule has 0 aliphatic carbocycles. The molecular formula is C23H23N3O4S. The molecule has 0 N–H and O–H groups in total. The van der Waals surface area contributed by atoms with Crippen LogP contribution in [-0.2, 0) is 15.6 Å². The number of hydrogen-bond acceptors (Lipinski definition) is 5. The third-order valence-electron chi connectivity index (χ3n) is 5.29. The number of para-hydroxylation sites is 2. The standard InChI is InChI=1S/C23H23N3O4S/c1-16(25(2)23(27)22-13-12-19(30-22)14-31(3,28)29)17-8-10-18(11-9-17)26-15-24-20-6-4-5-7-21(20)26/h4-13,15-16H,14H2,1-3H3. The largest absolute Gasteiger partial charge is 0.455 e. The molecule has 0 saturated carbocycles. The van der Waals surface area contributed by atoms with E-state index in [0.717, 1.165) is 28.5 Å². The minimum atomic E-state index is -3.23. The van der Waals surface area contributed by atoms with Gasteiger partial charge in [-0.15, -0.1) is 0 Å². The van der Waals surface area contributed by atoms with E-state index in [9.17, 15) is 13.2 Å². The van der Waals surface area contributed by atoms with E-state index < -0.39 is 9.84 Å². The summed E-state index contributed by atoms with van der Waals surface area (Å²) in [6.45, 7) is 1.93. The summed E-state index contributed by atoms with van der Waals surface area (Å²) >= 11 is 0. The molecule has 8 heteroatoms. The van der Waals surface area contributed by atoms with E-state index in [4.69, 9.17) is 4.42 Å². The van der Waals surface area contributed by atoms with Crippen LogP contribution in [0.5, 0.6) is 0 Å². The van der Waals surface area contributed by atoms with E-state index in [2.05, 4.69) is 4.98 Å². The Bertz CT molecular complexity index is 1340. The second kappa shape index (κ2) is 8.03. The minimum absolute atomic E-state index is 0.120. The highest BCUT2D eigenvalue weighted by Gasteiger charge is 2.22. The van der Waals surface area contributed by atoms with Crippen molar-refractivity contribution in [1.29, 1.82) is 0 Å². The van der Waals surface area contributed by atoms with Crippen molar-refractivity contribution in [1.82, 2.24) is 14.5 Å². The van der Waals surface area contributed by atoms with Crippen LogP contribution >= 0.6 is 0 Å². The number of aromatic nitrogens is 2.